The van der Waals surface area contributed by atoms with E-state index < -0.39 is 6.36 Å². The van der Waals surface area contributed by atoms with E-state index in [1.165, 1.54) is 37.6 Å². The van der Waals surface area contributed by atoms with Crippen molar-refractivity contribution in [3.05, 3.63) is 36.1 Å². The van der Waals surface area contributed by atoms with E-state index in [9.17, 15) is 13.2 Å². The molecule has 1 aromatic carbocycles. The summed E-state index contributed by atoms with van der Waals surface area (Å²) in [5, 5.41) is 0. The highest BCUT2D eigenvalue weighted by molar-refractivity contribution is 5.49. The monoisotopic (exact) mass is 218 g/mol. The molecule has 5 heteroatoms. The quantitative estimate of drug-likeness (QED) is 0.725. The van der Waals surface area contributed by atoms with Gasteiger partial charge in [0.05, 0.1) is 13.4 Å². The van der Waals surface area contributed by atoms with Gasteiger partial charge in [-0.3, -0.25) is 0 Å². The van der Waals surface area contributed by atoms with Crippen molar-refractivity contribution < 1.29 is 22.6 Å². The molecular weight excluding hydrogens is 209 g/mol. The molecule has 0 saturated carbocycles. The minimum absolute atomic E-state index is 0.239. The van der Waals surface area contributed by atoms with Gasteiger partial charge in [0.25, 0.3) is 0 Å². The fraction of sp³-hybridized carbons (Fsp3) is 0.200. The maximum Gasteiger partial charge on any atom is 0.573 e. The van der Waals surface area contributed by atoms with E-state index in [0.29, 0.717) is 0 Å². The maximum atomic E-state index is 11.8. The van der Waals surface area contributed by atoms with Crippen molar-refractivity contribution in [1.29, 1.82) is 0 Å². The van der Waals surface area contributed by atoms with Crippen molar-refractivity contribution in [3.63, 3.8) is 0 Å². The minimum atomic E-state index is -4.65. The van der Waals surface area contributed by atoms with E-state index in [-0.39, 0.29) is 5.75 Å². The van der Waals surface area contributed by atoms with Crippen molar-refractivity contribution in [2.75, 3.05) is 7.11 Å². The average molecular weight is 218 g/mol. The van der Waals surface area contributed by atoms with Crippen LogP contribution in [0, 0.1) is 0 Å². The van der Waals surface area contributed by atoms with Gasteiger partial charge in [0.15, 0.2) is 0 Å². The van der Waals surface area contributed by atoms with Gasteiger partial charge in [-0.25, -0.2) is 0 Å². The summed E-state index contributed by atoms with van der Waals surface area (Å²) < 4.78 is 43.7. The standard InChI is InChI=1S/C10H9F3O2/c1-14-7-6-8-2-4-9(5-3-8)15-10(11,12)13/h2-7H,1H3. The number of halogens is 3. The molecule has 1 aromatic rings. The number of methoxy groups -OCH3 is 1. The molecule has 0 N–H and O–H groups in total. The molecule has 0 aliphatic rings. The van der Waals surface area contributed by atoms with Crippen molar-refractivity contribution in [2.45, 2.75) is 6.36 Å². The molecule has 0 amide bonds. The molecule has 0 radical (unpaired) electrons. The van der Waals surface area contributed by atoms with Crippen LogP contribution in [0.25, 0.3) is 6.08 Å². The Kier molecular flexibility index (Phi) is 3.60. The molecule has 0 spiro atoms. The number of rotatable bonds is 3. The molecule has 0 saturated heterocycles. The molecule has 0 bridgehead atoms. The van der Waals surface area contributed by atoms with Crippen LogP contribution in [0.5, 0.6) is 5.75 Å². The molecule has 1 rings (SSSR count). The van der Waals surface area contributed by atoms with Crippen LogP contribution in [0.2, 0.25) is 0 Å². The van der Waals surface area contributed by atoms with E-state index in [1.807, 2.05) is 0 Å². The summed E-state index contributed by atoms with van der Waals surface area (Å²) in [4.78, 5) is 0. The lowest BCUT2D eigenvalue weighted by Gasteiger charge is -2.08. The molecule has 0 aliphatic heterocycles. The Labute approximate surface area is 84.9 Å². The smallest absolute Gasteiger partial charge is 0.504 e. The van der Waals surface area contributed by atoms with Gasteiger partial charge in [-0.05, 0) is 23.8 Å². The Morgan fingerprint density at radius 1 is 1.13 bits per heavy atom. The van der Waals surface area contributed by atoms with Gasteiger partial charge in [-0.1, -0.05) is 12.1 Å². The molecule has 82 valence electrons. The highest BCUT2D eigenvalue weighted by Crippen LogP contribution is 2.22. The molecule has 0 aromatic heterocycles. The van der Waals surface area contributed by atoms with Crippen LogP contribution in [0.4, 0.5) is 13.2 Å². The molecular formula is C10H9F3O2. The summed E-state index contributed by atoms with van der Waals surface area (Å²) >= 11 is 0. The molecule has 0 unspecified atom stereocenters. The van der Waals surface area contributed by atoms with Gasteiger partial charge in [0.1, 0.15) is 5.75 Å². The number of hydrogen-bond donors (Lipinski definition) is 0. The van der Waals surface area contributed by atoms with E-state index >= 15 is 0 Å². The second kappa shape index (κ2) is 4.72. The summed E-state index contributed by atoms with van der Waals surface area (Å²) in [6.45, 7) is 0. The van der Waals surface area contributed by atoms with Crippen LogP contribution in [-0.2, 0) is 4.74 Å². The zero-order valence-electron chi connectivity index (χ0n) is 7.91. The first-order valence-corrected chi connectivity index (χ1v) is 4.06. The zero-order chi connectivity index (χ0) is 11.3. The third-order valence-electron chi connectivity index (χ3n) is 1.51. The van der Waals surface area contributed by atoms with Crippen molar-refractivity contribution in [2.24, 2.45) is 0 Å². The molecule has 0 fully saturated rings. The lowest BCUT2D eigenvalue weighted by atomic mass is 10.2. The third-order valence-corrected chi connectivity index (χ3v) is 1.51. The predicted octanol–water partition coefficient (Wildman–Crippen LogP) is 3.20. The molecule has 2 nitrogen and oxygen atoms in total. The van der Waals surface area contributed by atoms with Crippen LogP contribution in [0.3, 0.4) is 0 Å². The topological polar surface area (TPSA) is 18.5 Å². The van der Waals surface area contributed by atoms with E-state index in [2.05, 4.69) is 9.47 Å². The Morgan fingerprint density at radius 2 is 1.73 bits per heavy atom. The molecule has 0 atom stereocenters. The second-order valence-corrected chi connectivity index (χ2v) is 2.66. The van der Waals surface area contributed by atoms with E-state index in [0.717, 1.165) is 5.56 Å². The number of alkyl halides is 3. The number of benzene rings is 1. The summed E-state index contributed by atoms with van der Waals surface area (Å²) in [5.74, 6) is -0.239. The fourth-order valence-electron chi connectivity index (χ4n) is 0.927. The molecule has 0 heterocycles. The van der Waals surface area contributed by atoms with Crippen LogP contribution < -0.4 is 4.74 Å². The lowest BCUT2D eigenvalue weighted by Crippen LogP contribution is -2.16. The number of hydrogen-bond acceptors (Lipinski definition) is 2. The molecule has 15 heavy (non-hydrogen) atoms. The number of ether oxygens (including phenoxy) is 2. The van der Waals surface area contributed by atoms with Gasteiger partial charge in [0.2, 0.25) is 0 Å². The van der Waals surface area contributed by atoms with E-state index in [1.54, 1.807) is 6.08 Å². The van der Waals surface area contributed by atoms with Crippen LogP contribution >= 0.6 is 0 Å². The Morgan fingerprint density at radius 3 is 2.20 bits per heavy atom. The summed E-state index contributed by atoms with van der Waals surface area (Å²) in [6.07, 6.45) is -1.60. The minimum Gasteiger partial charge on any atom is -0.504 e. The van der Waals surface area contributed by atoms with Crippen molar-refractivity contribution in [1.82, 2.24) is 0 Å². The first-order chi connectivity index (χ1) is 7.01. The van der Waals surface area contributed by atoms with Gasteiger partial charge in [-0.2, -0.15) is 0 Å². The first kappa shape index (κ1) is 11.4. The first-order valence-electron chi connectivity index (χ1n) is 4.06. The highest BCUT2D eigenvalue weighted by Gasteiger charge is 2.30. The summed E-state index contributed by atoms with van der Waals surface area (Å²) in [7, 11) is 1.48. The summed E-state index contributed by atoms with van der Waals surface area (Å²) in [5.41, 5.74) is 0.728. The predicted molar refractivity (Wildman–Crippen MR) is 49.2 cm³/mol. The Balaban J connectivity index is 2.68. The molecule has 0 aliphatic carbocycles. The maximum absolute atomic E-state index is 11.8. The van der Waals surface area contributed by atoms with Crippen molar-refractivity contribution >= 4 is 6.08 Å². The lowest BCUT2D eigenvalue weighted by molar-refractivity contribution is -0.274. The largest absolute Gasteiger partial charge is 0.573 e. The normalized spacial score (nSPS) is 11.7. The van der Waals surface area contributed by atoms with Gasteiger partial charge in [-0.15, -0.1) is 13.2 Å². The van der Waals surface area contributed by atoms with Crippen molar-refractivity contribution in [3.8, 4) is 5.75 Å². The third kappa shape index (κ3) is 4.39. The Hall–Kier alpha value is -1.65. The van der Waals surface area contributed by atoms with Gasteiger partial charge in [0, 0.05) is 0 Å². The van der Waals surface area contributed by atoms with E-state index in [4.69, 9.17) is 0 Å². The SMILES string of the molecule is COC=Cc1ccc(OC(F)(F)F)cc1. The Bertz CT molecular complexity index is 328. The van der Waals surface area contributed by atoms with Crippen LogP contribution in [0.15, 0.2) is 30.5 Å². The van der Waals surface area contributed by atoms with Crippen LogP contribution in [0.1, 0.15) is 5.56 Å². The van der Waals surface area contributed by atoms with Gasteiger partial charge < -0.3 is 9.47 Å². The average Bonchev–Trinajstić information content (AvgIpc) is 2.14. The fourth-order valence-corrected chi connectivity index (χ4v) is 0.927. The van der Waals surface area contributed by atoms with Gasteiger partial charge >= 0.3 is 6.36 Å². The zero-order valence-corrected chi connectivity index (χ0v) is 7.91. The highest BCUT2D eigenvalue weighted by atomic mass is 19.4. The second-order valence-electron chi connectivity index (χ2n) is 2.66. The summed E-state index contributed by atoms with van der Waals surface area (Å²) in [6, 6.07) is 5.47. The van der Waals surface area contributed by atoms with Crippen LogP contribution in [-0.4, -0.2) is 13.5 Å².